The lowest BCUT2D eigenvalue weighted by Gasteiger charge is -2.28. The number of hydrogen-bond acceptors (Lipinski definition) is 3. The normalized spacial score (nSPS) is 17.8. The van der Waals surface area contributed by atoms with Crippen molar-refractivity contribution in [2.24, 2.45) is 0 Å². The lowest BCUT2D eigenvalue weighted by atomic mass is 9.99. The second kappa shape index (κ2) is 7.49. The van der Waals surface area contributed by atoms with Crippen molar-refractivity contribution >= 4 is 6.03 Å². The van der Waals surface area contributed by atoms with E-state index in [1.807, 2.05) is 38.1 Å². The standard InChI is InChI=1S/C17H26N2O3/c1-13-7-3-4-8-15(13)22-14(2)11-18-16(21)19-17(12-20)9-5-6-10-17/h3-4,7-8,14,20H,5-6,9-12H2,1-2H3,(H2,18,19,21). The van der Waals surface area contributed by atoms with Gasteiger partial charge < -0.3 is 20.5 Å². The van der Waals surface area contributed by atoms with Crippen LogP contribution in [0.15, 0.2) is 24.3 Å². The average molecular weight is 306 g/mol. The molecule has 1 unspecified atom stereocenters. The molecule has 22 heavy (non-hydrogen) atoms. The van der Waals surface area contributed by atoms with Crippen molar-refractivity contribution in [2.75, 3.05) is 13.2 Å². The minimum Gasteiger partial charge on any atom is -0.489 e. The summed E-state index contributed by atoms with van der Waals surface area (Å²) in [7, 11) is 0. The Balaban J connectivity index is 1.77. The van der Waals surface area contributed by atoms with Crippen molar-refractivity contribution in [1.29, 1.82) is 0 Å². The van der Waals surface area contributed by atoms with Gasteiger partial charge in [0.05, 0.1) is 18.7 Å². The maximum Gasteiger partial charge on any atom is 0.315 e. The van der Waals surface area contributed by atoms with Gasteiger partial charge in [0.2, 0.25) is 0 Å². The number of ether oxygens (including phenoxy) is 1. The molecule has 0 saturated heterocycles. The second-order valence-electron chi connectivity index (χ2n) is 6.17. The van der Waals surface area contributed by atoms with E-state index in [-0.39, 0.29) is 18.7 Å². The van der Waals surface area contributed by atoms with Crippen molar-refractivity contribution in [1.82, 2.24) is 10.6 Å². The van der Waals surface area contributed by atoms with Gasteiger partial charge in [0.15, 0.2) is 0 Å². The predicted molar refractivity (Wildman–Crippen MR) is 86.1 cm³/mol. The summed E-state index contributed by atoms with van der Waals surface area (Å²) in [6.07, 6.45) is 3.65. The molecule has 5 nitrogen and oxygen atoms in total. The van der Waals surface area contributed by atoms with E-state index < -0.39 is 5.54 Å². The smallest absolute Gasteiger partial charge is 0.315 e. The molecule has 0 aliphatic heterocycles. The zero-order chi connectivity index (χ0) is 16.0. The number of carbonyl (C=O) groups is 1. The summed E-state index contributed by atoms with van der Waals surface area (Å²) >= 11 is 0. The van der Waals surface area contributed by atoms with E-state index in [1.165, 1.54) is 0 Å². The summed E-state index contributed by atoms with van der Waals surface area (Å²) in [6, 6.07) is 7.57. The molecule has 0 spiro atoms. The molecule has 0 radical (unpaired) electrons. The quantitative estimate of drug-likeness (QED) is 0.755. The molecule has 1 aliphatic rings. The number of urea groups is 1. The van der Waals surface area contributed by atoms with Crippen LogP contribution in [0.1, 0.15) is 38.2 Å². The van der Waals surface area contributed by atoms with Gasteiger partial charge in [0.1, 0.15) is 11.9 Å². The van der Waals surface area contributed by atoms with Crippen LogP contribution in [0.5, 0.6) is 5.75 Å². The number of rotatable bonds is 6. The van der Waals surface area contributed by atoms with Crippen LogP contribution in [0, 0.1) is 6.92 Å². The molecule has 1 saturated carbocycles. The summed E-state index contributed by atoms with van der Waals surface area (Å²) in [5, 5.41) is 15.2. The molecule has 1 aliphatic carbocycles. The summed E-state index contributed by atoms with van der Waals surface area (Å²) in [6.45, 7) is 4.33. The Bertz CT molecular complexity index is 498. The minimum atomic E-state index is -0.440. The Morgan fingerprint density at radius 2 is 2.05 bits per heavy atom. The third-order valence-corrected chi connectivity index (χ3v) is 4.21. The second-order valence-corrected chi connectivity index (χ2v) is 6.17. The van der Waals surface area contributed by atoms with Crippen molar-refractivity contribution in [3.63, 3.8) is 0 Å². The molecular weight excluding hydrogens is 280 g/mol. The lowest BCUT2D eigenvalue weighted by Crippen LogP contribution is -2.53. The number of aliphatic hydroxyl groups is 1. The van der Waals surface area contributed by atoms with Crippen molar-refractivity contribution < 1.29 is 14.6 Å². The fourth-order valence-corrected chi connectivity index (χ4v) is 2.84. The Hall–Kier alpha value is -1.75. The van der Waals surface area contributed by atoms with Crippen LogP contribution < -0.4 is 15.4 Å². The number of aryl methyl sites for hydroxylation is 1. The Morgan fingerprint density at radius 3 is 2.68 bits per heavy atom. The number of para-hydroxylation sites is 1. The highest BCUT2D eigenvalue weighted by Gasteiger charge is 2.34. The minimum absolute atomic E-state index is 0.00428. The summed E-state index contributed by atoms with van der Waals surface area (Å²) in [4.78, 5) is 12.0. The summed E-state index contributed by atoms with van der Waals surface area (Å²) in [5.41, 5.74) is 0.633. The van der Waals surface area contributed by atoms with Crippen LogP contribution in [0.25, 0.3) is 0 Å². The van der Waals surface area contributed by atoms with Crippen LogP contribution in [0.2, 0.25) is 0 Å². The molecule has 1 aromatic rings. The van der Waals surface area contributed by atoms with E-state index in [9.17, 15) is 9.90 Å². The van der Waals surface area contributed by atoms with Gasteiger partial charge in [0.25, 0.3) is 0 Å². The van der Waals surface area contributed by atoms with Crippen LogP contribution in [0.4, 0.5) is 4.79 Å². The predicted octanol–water partition coefficient (Wildman–Crippen LogP) is 2.37. The summed E-state index contributed by atoms with van der Waals surface area (Å²) in [5.74, 6) is 0.833. The van der Waals surface area contributed by atoms with Crippen molar-refractivity contribution in [2.45, 2.75) is 51.2 Å². The fraction of sp³-hybridized carbons (Fsp3) is 0.588. The highest BCUT2D eigenvalue weighted by molar-refractivity contribution is 5.74. The van der Waals surface area contributed by atoms with Crippen LogP contribution >= 0.6 is 0 Å². The molecule has 122 valence electrons. The lowest BCUT2D eigenvalue weighted by molar-refractivity contribution is 0.159. The monoisotopic (exact) mass is 306 g/mol. The van der Waals surface area contributed by atoms with Gasteiger partial charge in [-0.15, -0.1) is 0 Å². The number of hydrogen-bond donors (Lipinski definition) is 3. The van der Waals surface area contributed by atoms with Crippen molar-refractivity contribution in [3.05, 3.63) is 29.8 Å². The molecule has 2 amide bonds. The zero-order valence-electron chi connectivity index (χ0n) is 13.4. The highest BCUT2D eigenvalue weighted by Crippen LogP contribution is 2.28. The number of aliphatic hydroxyl groups excluding tert-OH is 1. The van der Waals surface area contributed by atoms with E-state index in [2.05, 4.69) is 10.6 Å². The van der Waals surface area contributed by atoms with Gasteiger partial charge in [-0.05, 0) is 38.3 Å². The van der Waals surface area contributed by atoms with Gasteiger partial charge in [-0.3, -0.25) is 0 Å². The molecule has 1 fully saturated rings. The Labute approximate surface area is 132 Å². The summed E-state index contributed by atoms with van der Waals surface area (Å²) < 4.78 is 5.83. The number of amides is 2. The van der Waals surface area contributed by atoms with Gasteiger partial charge in [-0.2, -0.15) is 0 Å². The van der Waals surface area contributed by atoms with Gasteiger partial charge >= 0.3 is 6.03 Å². The number of carbonyl (C=O) groups excluding carboxylic acids is 1. The molecule has 2 rings (SSSR count). The van der Waals surface area contributed by atoms with Crippen LogP contribution in [-0.2, 0) is 0 Å². The maximum atomic E-state index is 12.0. The van der Waals surface area contributed by atoms with Gasteiger partial charge in [-0.1, -0.05) is 31.0 Å². The molecule has 5 heteroatoms. The molecular formula is C17H26N2O3. The highest BCUT2D eigenvalue weighted by atomic mass is 16.5. The third kappa shape index (κ3) is 4.37. The van der Waals surface area contributed by atoms with E-state index >= 15 is 0 Å². The maximum absolute atomic E-state index is 12.0. The largest absolute Gasteiger partial charge is 0.489 e. The molecule has 1 aromatic carbocycles. The topological polar surface area (TPSA) is 70.6 Å². The van der Waals surface area contributed by atoms with Crippen LogP contribution in [-0.4, -0.2) is 35.9 Å². The van der Waals surface area contributed by atoms with Gasteiger partial charge in [0, 0.05) is 0 Å². The molecule has 3 N–H and O–H groups in total. The number of nitrogens with one attached hydrogen (secondary N) is 2. The first-order chi connectivity index (χ1) is 10.5. The Kier molecular flexibility index (Phi) is 5.66. The fourth-order valence-electron chi connectivity index (χ4n) is 2.84. The third-order valence-electron chi connectivity index (χ3n) is 4.21. The molecule has 0 bridgehead atoms. The first kappa shape index (κ1) is 16.6. The van der Waals surface area contributed by atoms with Gasteiger partial charge in [-0.25, -0.2) is 4.79 Å². The molecule has 0 aromatic heterocycles. The van der Waals surface area contributed by atoms with E-state index in [4.69, 9.17) is 4.74 Å². The van der Waals surface area contributed by atoms with Crippen LogP contribution in [0.3, 0.4) is 0 Å². The van der Waals surface area contributed by atoms with E-state index in [0.29, 0.717) is 6.54 Å². The van der Waals surface area contributed by atoms with Crippen molar-refractivity contribution in [3.8, 4) is 5.75 Å². The van der Waals surface area contributed by atoms with E-state index in [1.54, 1.807) is 0 Å². The SMILES string of the molecule is Cc1ccccc1OC(C)CNC(=O)NC1(CO)CCCC1. The first-order valence-electron chi connectivity index (χ1n) is 7.94. The zero-order valence-corrected chi connectivity index (χ0v) is 13.4. The molecule has 0 heterocycles. The van der Waals surface area contributed by atoms with E-state index in [0.717, 1.165) is 37.0 Å². The average Bonchev–Trinajstić information content (AvgIpc) is 2.97. The Morgan fingerprint density at radius 1 is 1.36 bits per heavy atom. The number of benzene rings is 1. The first-order valence-corrected chi connectivity index (χ1v) is 7.94. The molecule has 1 atom stereocenters.